The van der Waals surface area contributed by atoms with Crippen LogP contribution in [0.2, 0.25) is 0 Å². The van der Waals surface area contributed by atoms with Gasteiger partial charge in [0.15, 0.2) is 0 Å². The fourth-order valence-electron chi connectivity index (χ4n) is 5.95. The van der Waals surface area contributed by atoms with E-state index in [-0.39, 0.29) is 5.82 Å². The largest absolute Gasteiger partial charge is 0.382 e. The maximum atomic E-state index is 14.2. The van der Waals surface area contributed by atoms with Gasteiger partial charge in [-0.05, 0) is 43.5 Å². The number of aromatic nitrogens is 1. The quantitative estimate of drug-likeness (QED) is 0.504. The van der Waals surface area contributed by atoms with Crippen LogP contribution in [-0.2, 0) is 14.2 Å². The summed E-state index contributed by atoms with van der Waals surface area (Å²) in [7, 11) is 1.69. The number of piperidine rings is 1. The number of hydrogen-bond acceptors (Lipinski definition) is 7. The molecule has 1 unspecified atom stereocenters. The second-order valence-corrected chi connectivity index (χ2v) is 9.65. The zero-order chi connectivity index (χ0) is 24.0. The van der Waals surface area contributed by atoms with Crippen molar-refractivity contribution in [3.05, 3.63) is 48.4 Å². The van der Waals surface area contributed by atoms with Crippen LogP contribution in [0, 0.1) is 11.7 Å². The van der Waals surface area contributed by atoms with Crippen molar-refractivity contribution in [3.8, 4) is 0 Å². The Bertz CT molecular complexity index is 958. The van der Waals surface area contributed by atoms with Gasteiger partial charge in [0.1, 0.15) is 11.6 Å². The number of fused-ring (bicyclic) bond motifs is 1. The van der Waals surface area contributed by atoms with Crippen molar-refractivity contribution in [2.75, 3.05) is 81.0 Å². The molecule has 5 rings (SSSR count). The number of halogens is 1. The fraction of sp³-hybridized carbons (Fsp3) is 0.593. The fourth-order valence-corrected chi connectivity index (χ4v) is 5.95. The molecule has 0 bridgehead atoms. The molecular weight excluding hydrogens is 447 g/mol. The maximum absolute atomic E-state index is 14.2. The minimum atomic E-state index is -0.182. The summed E-state index contributed by atoms with van der Waals surface area (Å²) in [6, 6.07) is 12.0. The maximum Gasteiger partial charge on any atom is 0.130 e. The lowest BCUT2D eigenvalue weighted by Gasteiger charge is -2.43. The predicted molar refractivity (Wildman–Crippen MR) is 136 cm³/mol. The van der Waals surface area contributed by atoms with Crippen LogP contribution in [0.5, 0.6) is 0 Å². The molecule has 35 heavy (non-hydrogen) atoms. The highest BCUT2D eigenvalue weighted by Gasteiger charge is 2.47. The lowest BCUT2D eigenvalue weighted by molar-refractivity contribution is 0.0633. The van der Waals surface area contributed by atoms with Crippen LogP contribution >= 0.6 is 0 Å². The third-order valence-electron chi connectivity index (χ3n) is 7.57. The number of benzene rings is 1. The smallest absolute Gasteiger partial charge is 0.130 e. The first-order valence-electron chi connectivity index (χ1n) is 12.9. The van der Waals surface area contributed by atoms with Crippen LogP contribution in [0.4, 0.5) is 21.6 Å². The van der Waals surface area contributed by atoms with E-state index >= 15 is 0 Å². The Hall–Kier alpha value is -2.42. The second kappa shape index (κ2) is 11.5. The van der Waals surface area contributed by atoms with Crippen molar-refractivity contribution in [2.24, 2.45) is 5.92 Å². The van der Waals surface area contributed by atoms with Crippen LogP contribution < -0.4 is 14.7 Å². The number of pyridine rings is 1. The first-order chi connectivity index (χ1) is 17.2. The van der Waals surface area contributed by atoms with Gasteiger partial charge in [0.25, 0.3) is 0 Å². The molecule has 3 fully saturated rings. The van der Waals surface area contributed by atoms with Crippen molar-refractivity contribution in [3.63, 3.8) is 0 Å². The molecule has 3 aliphatic rings. The number of anilines is 3. The molecule has 0 N–H and O–H groups in total. The van der Waals surface area contributed by atoms with E-state index in [4.69, 9.17) is 19.2 Å². The average molecular weight is 485 g/mol. The SMILES string of the molecule is COCCOCCC1CN(c2cc(N3CCOCC3)ccn2)[C@H]2CCCN(c3cccc(F)c3)[C@@H]12. The molecule has 3 atom stereocenters. The summed E-state index contributed by atoms with van der Waals surface area (Å²) < 4.78 is 30.7. The van der Waals surface area contributed by atoms with Crippen molar-refractivity contribution in [2.45, 2.75) is 31.3 Å². The highest BCUT2D eigenvalue weighted by Crippen LogP contribution is 2.41. The van der Waals surface area contributed by atoms with E-state index < -0.39 is 0 Å². The topological polar surface area (TPSA) is 50.3 Å². The molecule has 8 heteroatoms. The highest BCUT2D eigenvalue weighted by molar-refractivity contribution is 5.58. The first-order valence-corrected chi connectivity index (χ1v) is 12.9. The van der Waals surface area contributed by atoms with Gasteiger partial charge in [-0.2, -0.15) is 0 Å². The Morgan fingerprint density at radius 3 is 2.74 bits per heavy atom. The van der Waals surface area contributed by atoms with Gasteiger partial charge in [-0.1, -0.05) is 6.07 Å². The van der Waals surface area contributed by atoms with Crippen LogP contribution in [0.25, 0.3) is 0 Å². The summed E-state index contributed by atoms with van der Waals surface area (Å²) >= 11 is 0. The Morgan fingerprint density at radius 1 is 1.03 bits per heavy atom. The van der Waals surface area contributed by atoms with Gasteiger partial charge in [-0.25, -0.2) is 9.37 Å². The molecule has 0 spiro atoms. The van der Waals surface area contributed by atoms with E-state index in [1.165, 1.54) is 11.8 Å². The molecule has 0 amide bonds. The van der Waals surface area contributed by atoms with E-state index in [2.05, 4.69) is 26.8 Å². The third-order valence-corrected chi connectivity index (χ3v) is 7.57. The lowest BCUT2D eigenvalue weighted by atomic mass is 9.88. The van der Waals surface area contributed by atoms with Gasteiger partial charge >= 0.3 is 0 Å². The Labute approximate surface area is 207 Å². The van der Waals surface area contributed by atoms with Gasteiger partial charge in [0, 0.05) is 69.5 Å². The molecule has 1 aromatic carbocycles. The van der Waals surface area contributed by atoms with Gasteiger partial charge in [-0.3, -0.25) is 0 Å². The van der Waals surface area contributed by atoms with Crippen LogP contribution in [0.1, 0.15) is 19.3 Å². The zero-order valence-corrected chi connectivity index (χ0v) is 20.7. The van der Waals surface area contributed by atoms with E-state index in [1.54, 1.807) is 13.2 Å². The first kappa shape index (κ1) is 24.3. The molecule has 4 heterocycles. The van der Waals surface area contributed by atoms with Gasteiger partial charge < -0.3 is 28.9 Å². The molecule has 3 saturated heterocycles. The number of ether oxygens (including phenoxy) is 3. The molecule has 0 saturated carbocycles. The number of nitrogens with zero attached hydrogens (tertiary/aromatic N) is 4. The molecule has 2 aromatic rings. The molecular formula is C27H37FN4O3. The van der Waals surface area contributed by atoms with E-state index in [1.807, 2.05) is 18.3 Å². The molecule has 7 nitrogen and oxygen atoms in total. The summed E-state index contributed by atoms with van der Waals surface area (Å²) in [6.07, 6.45) is 5.08. The number of methoxy groups -OCH3 is 1. The predicted octanol–water partition coefficient (Wildman–Crippen LogP) is 3.58. The standard InChI is InChI=1S/C27H37FN4O3/c1-33-16-17-34-13-8-21-20-32(26-19-23(7-9-29-26)30-11-14-35-15-12-30)25-6-3-10-31(27(21)25)24-5-2-4-22(28)18-24/h2,4-5,7,9,18-19,21,25,27H,3,6,8,10-17,20H2,1H3/t21?,25-,27-/m0/s1. The number of rotatable bonds is 9. The van der Waals surface area contributed by atoms with Crippen molar-refractivity contribution in [1.82, 2.24) is 4.98 Å². The molecule has 1 aromatic heterocycles. The summed E-state index contributed by atoms with van der Waals surface area (Å²) in [5.74, 6) is 1.26. The molecule has 3 aliphatic heterocycles. The second-order valence-electron chi connectivity index (χ2n) is 9.65. The lowest BCUT2D eigenvalue weighted by Crippen LogP contribution is -2.52. The summed E-state index contributed by atoms with van der Waals surface area (Å²) in [5, 5.41) is 0. The average Bonchev–Trinajstić information content (AvgIpc) is 3.28. The van der Waals surface area contributed by atoms with Crippen LogP contribution in [0.3, 0.4) is 0 Å². The highest BCUT2D eigenvalue weighted by atomic mass is 19.1. The summed E-state index contributed by atoms with van der Waals surface area (Å²) in [6.45, 7) is 7.13. The summed E-state index contributed by atoms with van der Waals surface area (Å²) in [5.41, 5.74) is 2.18. The Kier molecular flexibility index (Phi) is 8.01. The minimum absolute atomic E-state index is 0.182. The Balaban J connectivity index is 1.39. The molecule has 0 radical (unpaired) electrons. The third kappa shape index (κ3) is 5.55. The number of morpholine rings is 1. The van der Waals surface area contributed by atoms with Crippen LogP contribution in [0.15, 0.2) is 42.6 Å². The van der Waals surface area contributed by atoms with Gasteiger partial charge in [-0.15, -0.1) is 0 Å². The number of hydrogen-bond donors (Lipinski definition) is 0. The van der Waals surface area contributed by atoms with Crippen molar-refractivity contribution >= 4 is 17.2 Å². The Morgan fingerprint density at radius 2 is 1.91 bits per heavy atom. The zero-order valence-electron chi connectivity index (χ0n) is 20.7. The summed E-state index contributed by atoms with van der Waals surface area (Å²) in [4.78, 5) is 12.1. The van der Waals surface area contributed by atoms with Crippen molar-refractivity contribution < 1.29 is 18.6 Å². The van der Waals surface area contributed by atoms with E-state index in [9.17, 15) is 4.39 Å². The van der Waals surface area contributed by atoms with E-state index in [0.717, 1.165) is 70.2 Å². The van der Waals surface area contributed by atoms with Crippen molar-refractivity contribution in [1.29, 1.82) is 0 Å². The minimum Gasteiger partial charge on any atom is -0.382 e. The van der Waals surface area contributed by atoms with E-state index in [0.29, 0.717) is 37.8 Å². The molecule has 190 valence electrons. The normalized spacial score (nSPS) is 24.6. The van der Waals surface area contributed by atoms with Crippen LogP contribution in [-0.4, -0.2) is 83.4 Å². The monoisotopic (exact) mass is 484 g/mol. The van der Waals surface area contributed by atoms with Gasteiger partial charge in [0.05, 0.1) is 38.5 Å². The van der Waals surface area contributed by atoms with Gasteiger partial charge in [0.2, 0.25) is 0 Å². The molecule has 0 aliphatic carbocycles.